The molecule has 0 saturated carbocycles. The predicted octanol–water partition coefficient (Wildman–Crippen LogP) is 5.42. The molecule has 0 radical (unpaired) electrons. The topological polar surface area (TPSA) is 50.4 Å². The molecule has 3 aromatic rings. The number of carbonyl (C=O) groups is 1. The lowest BCUT2D eigenvalue weighted by atomic mass is 10.1. The van der Waals surface area contributed by atoms with E-state index in [1.807, 2.05) is 66.7 Å². The van der Waals surface area contributed by atoms with E-state index in [-0.39, 0.29) is 31.0 Å². The fraction of sp³-hybridized carbons (Fsp3) is 0.208. The fourth-order valence-electron chi connectivity index (χ4n) is 2.94. The van der Waals surface area contributed by atoms with Gasteiger partial charge in [0.2, 0.25) is 0 Å². The number of carbonyl (C=O) groups excluding carboxylic acids is 1. The van der Waals surface area contributed by atoms with E-state index in [2.05, 4.69) is 45.6 Å². The van der Waals surface area contributed by atoms with E-state index in [9.17, 15) is 4.79 Å². The van der Waals surface area contributed by atoms with Crippen molar-refractivity contribution in [2.24, 2.45) is 0 Å². The molecule has 0 bridgehead atoms. The Morgan fingerprint density at radius 3 is 2.33 bits per heavy atom. The third-order valence-electron chi connectivity index (χ3n) is 4.61. The molecule has 0 aliphatic rings. The normalized spacial score (nSPS) is 11.3. The Bertz CT molecular complexity index is 923. The van der Waals surface area contributed by atoms with Crippen molar-refractivity contribution >= 4 is 34.2 Å². The van der Waals surface area contributed by atoms with Crippen LogP contribution >= 0.6 is 28.3 Å². The predicted molar refractivity (Wildman–Crippen MR) is 127 cm³/mol. The maximum atomic E-state index is 12.2. The largest absolute Gasteiger partial charge is 0.483 e. The summed E-state index contributed by atoms with van der Waals surface area (Å²) in [6.07, 6.45) is 0. The fourth-order valence-corrected chi connectivity index (χ4v) is 3.35. The molecule has 3 rings (SSSR count). The summed E-state index contributed by atoms with van der Waals surface area (Å²) in [5, 5.41) is 6.40. The zero-order chi connectivity index (χ0) is 20.5. The monoisotopic (exact) mass is 488 g/mol. The molecular weight excluding hydrogens is 464 g/mol. The van der Waals surface area contributed by atoms with Gasteiger partial charge in [-0.05, 0) is 36.2 Å². The van der Waals surface area contributed by atoms with Crippen molar-refractivity contribution < 1.29 is 9.53 Å². The Morgan fingerprint density at radius 2 is 1.63 bits per heavy atom. The van der Waals surface area contributed by atoms with Crippen LogP contribution in [0, 0.1) is 0 Å². The number of ether oxygens (including phenoxy) is 1. The summed E-state index contributed by atoms with van der Waals surface area (Å²) in [7, 11) is 0. The number of nitrogens with one attached hydrogen (secondary N) is 2. The van der Waals surface area contributed by atoms with Gasteiger partial charge in [0, 0.05) is 29.2 Å². The molecule has 1 unspecified atom stereocenters. The van der Waals surface area contributed by atoms with Crippen LogP contribution < -0.4 is 15.4 Å². The molecule has 4 nitrogen and oxygen atoms in total. The number of benzene rings is 3. The molecule has 0 aliphatic carbocycles. The summed E-state index contributed by atoms with van der Waals surface area (Å²) in [5.74, 6) is 0.559. The van der Waals surface area contributed by atoms with Crippen LogP contribution in [0.3, 0.4) is 0 Å². The van der Waals surface area contributed by atoms with Gasteiger partial charge in [0.05, 0.1) is 0 Å². The second-order valence-electron chi connectivity index (χ2n) is 6.82. The molecule has 3 aromatic carbocycles. The van der Waals surface area contributed by atoms with Crippen LogP contribution in [-0.2, 0) is 17.9 Å². The summed E-state index contributed by atoms with van der Waals surface area (Å²) < 4.78 is 6.78. The van der Waals surface area contributed by atoms with Crippen molar-refractivity contribution in [2.45, 2.75) is 26.1 Å². The Hall–Kier alpha value is -2.34. The van der Waals surface area contributed by atoms with Gasteiger partial charge < -0.3 is 15.4 Å². The highest BCUT2D eigenvalue weighted by atomic mass is 79.9. The van der Waals surface area contributed by atoms with Gasteiger partial charge in [-0.25, -0.2) is 0 Å². The Labute approximate surface area is 192 Å². The maximum absolute atomic E-state index is 12.2. The molecule has 0 saturated heterocycles. The van der Waals surface area contributed by atoms with E-state index in [0.717, 1.165) is 15.6 Å². The quantitative estimate of drug-likeness (QED) is 0.422. The highest BCUT2D eigenvalue weighted by Crippen LogP contribution is 2.24. The molecule has 1 amide bonds. The number of halogens is 2. The zero-order valence-electron chi connectivity index (χ0n) is 16.8. The van der Waals surface area contributed by atoms with Gasteiger partial charge in [-0.3, -0.25) is 4.79 Å². The van der Waals surface area contributed by atoms with Crippen molar-refractivity contribution in [2.75, 3.05) is 6.61 Å². The van der Waals surface area contributed by atoms with E-state index >= 15 is 0 Å². The molecule has 2 N–H and O–H groups in total. The van der Waals surface area contributed by atoms with Crippen molar-refractivity contribution in [3.63, 3.8) is 0 Å². The van der Waals surface area contributed by atoms with Gasteiger partial charge in [-0.1, -0.05) is 76.6 Å². The highest BCUT2D eigenvalue weighted by molar-refractivity contribution is 9.10. The summed E-state index contributed by atoms with van der Waals surface area (Å²) in [5.41, 5.74) is 3.28. The molecule has 1 atom stereocenters. The first-order valence-electron chi connectivity index (χ1n) is 9.62. The van der Waals surface area contributed by atoms with Crippen LogP contribution in [0.4, 0.5) is 0 Å². The lowest BCUT2D eigenvalue weighted by molar-refractivity contribution is -0.123. The summed E-state index contributed by atoms with van der Waals surface area (Å²) >= 11 is 3.52. The van der Waals surface area contributed by atoms with Crippen LogP contribution in [0.5, 0.6) is 5.75 Å². The minimum Gasteiger partial charge on any atom is -0.483 e. The third kappa shape index (κ3) is 7.48. The van der Waals surface area contributed by atoms with Crippen molar-refractivity contribution in [1.82, 2.24) is 10.6 Å². The molecule has 0 heterocycles. The molecule has 0 fully saturated rings. The average Bonchev–Trinajstić information content (AvgIpc) is 2.76. The van der Waals surface area contributed by atoms with Gasteiger partial charge in [-0.15, -0.1) is 12.4 Å². The molecule has 0 aliphatic heterocycles. The average molecular weight is 490 g/mol. The first kappa shape index (κ1) is 23.9. The third-order valence-corrected chi connectivity index (χ3v) is 5.11. The standard InChI is InChI=1S/C24H25BrN2O2.ClH/c1-18(20-10-6-3-7-11-20)26-16-21-14-22(25)12-13-23(21)29-17-24(28)27-15-19-8-4-2-5-9-19;/h2-14,18,26H,15-17H2,1H3,(H,27,28);1H. The summed E-state index contributed by atoms with van der Waals surface area (Å²) in [6, 6.07) is 26.1. The molecule has 6 heteroatoms. The van der Waals surface area contributed by atoms with Gasteiger partial charge in [0.1, 0.15) is 5.75 Å². The number of hydrogen-bond donors (Lipinski definition) is 2. The SMILES string of the molecule is CC(NCc1cc(Br)ccc1OCC(=O)NCc1ccccc1)c1ccccc1.Cl. The van der Waals surface area contributed by atoms with E-state index < -0.39 is 0 Å². The lowest BCUT2D eigenvalue weighted by Crippen LogP contribution is -2.28. The van der Waals surface area contributed by atoms with Crippen LogP contribution in [0.15, 0.2) is 83.3 Å². The smallest absolute Gasteiger partial charge is 0.258 e. The highest BCUT2D eigenvalue weighted by Gasteiger charge is 2.10. The van der Waals surface area contributed by atoms with Crippen LogP contribution in [0.2, 0.25) is 0 Å². The van der Waals surface area contributed by atoms with Gasteiger partial charge in [0.15, 0.2) is 6.61 Å². The Kier molecular flexibility index (Phi) is 9.87. The molecule has 0 aromatic heterocycles. The molecule has 30 heavy (non-hydrogen) atoms. The minimum atomic E-state index is -0.145. The summed E-state index contributed by atoms with van der Waals surface area (Å²) in [4.78, 5) is 12.2. The Balaban J connectivity index is 0.00000320. The second-order valence-corrected chi connectivity index (χ2v) is 7.73. The van der Waals surface area contributed by atoms with Crippen LogP contribution in [-0.4, -0.2) is 12.5 Å². The Morgan fingerprint density at radius 1 is 0.967 bits per heavy atom. The zero-order valence-corrected chi connectivity index (χ0v) is 19.2. The van der Waals surface area contributed by atoms with Crippen molar-refractivity contribution in [3.8, 4) is 5.75 Å². The van der Waals surface area contributed by atoms with Crippen molar-refractivity contribution in [1.29, 1.82) is 0 Å². The van der Waals surface area contributed by atoms with Crippen molar-refractivity contribution in [3.05, 3.63) is 100 Å². The van der Waals surface area contributed by atoms with Gasteiger partial charge >= 0.3 is 0 Å². The molecule has 158 valence electrons. The molecule has 0 spiro atoms. The number of hydrogen-bond acceptors (Lipinski definition) is 3. The van der Waals surface area contributed by atoms with Gasteiger partial charge in [0.25, 0.3) is 5.91 Å². The minimum absolute atomic E-state index is 0. The van der Waals surface area contributed by atoms with Gasteiger partial charge in [-0.2, -0.15) is 0 Å². The van der Waals surface area contributed by atoms with Crippen LogP contribution in [0.25, 0.3) is 0 Å². The summed E-state index contributed by atoms with van der Waals surface area (Å²) in [6.45, 7) is 3.24. The van der Waals surface area contributed by atoms with E-state index in [1.165, 1.54) is 5.56 Å². The number of amides is 1. The first-order chi connectivity index (χ1) is 14.1. The van der Waals surface area contributed by atoms with E-state index in [0.29, 0.717) is 18.8 Å². The van der Waals surface area contributed by atoms with Crippen LogP contribution in [0.1, 0.15) is 29.7 Å². The first-order valence-corrected chi connectivity index (χ1v) is 10.4. The van der Waals surface area contributed by atoms with E-state index in [1.54, 1.807) is 0 Å². The van der Waals surface area contributed by atoms with E-state index in [4.69, 9.17) is 4.74 Å². The lowest BCUT2D eigenvalue weighted by Gasteiger charge is -2.17. The second kappa shape index (κ2) is 12.4. The number of rotatable bonds is 9. The molecular formula is C24H26BrClN2O2. The maximum Gasteiger partial charge on any atom is 0.258 e.